The number of aromatic amines is 2. The van der Waals surface area contributed by atoms with Gasteiger partial charge in [0.2, 0.25) is 0 Å². The van der Waals surface area contributed by atoms with Crippen LogP contribution < -0.4 is 5.32 Å². The average molecular weight is 287 g/mol. The van der Waals surface area contributed by atoms with Gasteiger partial charge in [-0.25, -0.2) is 4.98 Å². The summed E-state index contributed by atoms with van der Waals surface area (Å²) >= 11 is 0. The molecule has 6 nitrogen and oxygen atoms in total. The summed E-state index contributed by atoms with van der Waals surface area (Å²) in [5, 5.41) is 10.1. The number of hydrogen-bond acceptors (Lipinski definition) is 3. The van der Waals surface area contributed by atoms with E-state index in [0.717, 1.165) is 30.7 Å². The van der Waals surface area contributed by atoms with Crippen LogP contribution in [0.4, 0.5) is 0 Å². The van der Waals surface area contributed by atoms with E-state index < -0.39 is 0 Å². The van der Waals surface area contributed by atoms with Crippen LogP contribution >= 0.6 is 0 Å². The molecule has 3 N–H and O–H groups in total. The van der Waals surface area contributed by atoms with Gasteiger partial charge >= 0.3 is 0 Å². The van der Waals surface area contributed by atoms with Crippen LogP contribution in [-0.4, -0.2) is 32.6 Å². The van der Waals surface area contributed by atoms with Crippen molar-refractivity contribution in [2.24, 2.45) is 0 Å². The molecule has 6 heteroatoms. The smallest absolute Gasteiger partial charge is 0.254 e. The highest BCUT2D eigenvalue weighted by atomic mass is 16.1. The minimum Gasteiger partial charge on any atom is -0.352 e. The number of amides is 1. The predicted molar refractivity (Wildman–Crippen MR) is 79.0 cm³/mol. The quantitative estimate of drug-likeness (QED) is 0.787. The van der Waals surface area contributed by atoms with E-state index in [0.29, 0.717) is 18.0 Å². The van der Waals surface area contributed by atoms with E-state index in [2.05, 4.69) is 25.5 Å². The molecule has 0 saturated heterocycles. The molecule has 0 aromatic carbocycles. The molecule has 1 fully saturated rings. The molecule has 2 aromatic heterocycles. The van der Waals surface area contributed by atoms with E-state index in [-0.39, 0.29) is 5.91 Å². The van der Waals surface area contributed by atoms with Crippen molar-refractivity contribution in [1.29, 1.82) is 0 Å². The number of imidazole rings is 1. The maximum Gasteiger partial charge on any atom is 0.254 e. The van der Waals surface area contributed by atoms with Gasteiger partial charge in [0.15, 0.2) is 0 Å². The Morgan fingerprint density at radius 3 is 2.90 bits per heavy atom. The Kier molecular flexibility index (Phi) is 4.33. The first-order valence-corrected chi connectivity index (χ1v) is 7.63. The molecule has 0 aliphatic heterocycles. The van der Waals surface area contributed by atoms with Gasteiger partial charge in [-0.2, -0.15) is 5.10 Å². The van der Waals surface area contributed by atoms with Gasteiger partial charge in [-0.1, -0.05) is 19.3 Å². The fourth-order valence-corrected chi connectivity index (χ4v) is 3.01. The lowest BCUT2D eigenvalue weighted by Crippen LogP contribution is -2.27. The normalized spacial score (nSPS) is 16.0. The minimum absolute atomic E-state index is 0.0381. The molecule has 1 amide bonds. The van der Waals surface area contributed by atoms with Gasteiger partial charge in [-0.3, -0.25) is 9.89 Å². The molecule has 1 aliphatic rings. The number of nitrogens with zero attached hydrogens (tertiary/aromatic N) is 2. The van der Waals surface area contributed by atoms with Crippen LogP contribution in [0.3, 0.4) is 0 Å². The summed E-state index contributed by atoms with van der Waals surface area (Å²) < 4.78 is 0. The third-order valence-corrected chi connectivity index (χ3v) is 4.16. The van der Waals surface area contributed by atoms with Gasteiger partial charge in [-0.05, 0) is 12.8 Å². The lowest BCUT2D eigenvalue weighted by atomic mass is 9.85. The van der Waals surface area contributed by atoms with Crippen molar-refractivity contribution in [1.82, 2.24) is 25.5 Å². The Hall–Kier alpha value is -2.11. The van der Waals surface area contributed by atoms with Crippen molar-refractivity contribution in [2.75, 3.05) is 6.54 Å². The fourth-order valence-electron chi connectivity index (χ4n) is 3.01. The van der Waals surface area contributed by atoms with Crippen molar-refractivity contribution in [2.45, 2.75) is 44.4 Å². The molecule has 0 bridgehead atoms. The Morgan fingerprint density at radius 2 is 2.14 bits per heavy atom. The van der Waals surface area contributed by atoms with Crippen LogP contribution in [0.15, 0.2) is 18.7 Å². The van der Waals surface area contributed by atoms with Crippen molar-refractivity contribution in [3.05, 3.63) is 35.7 Å². The first kappa shape index (κ1) is 13.9. The third-order valence-electron chi connectivity index (χ3n) is 4.16. The number of hydrogen-bond donors (Lipinski definition) is 3. The third kappa shape index (κ3) is 3.32. The second kappa shape index (κ2) is 6.56. The monoisotopic (exact) mass is 287 g/mol. The summed E-state index contributed by atoms with van der Waals surface area (Å²) in [5.74, 6) is 0.415. The van der Waals surface area contributed by atoms with Crippen LogP contribution in [-0.2, 0) is 6.42 Å². The Bertz CT molecular complexity index is 569. The SMILES string of the molecule is O=C(NCCc1cnc[nH]1)c1cn[nH]c1C1CCCCC1. The number of carbonyl (C=O) groups excluding carboxylic acids is 1. The van der Waals surface area contributed by atoms with Gasteiger partial charge < -0.3 is 10.3 Å². The zero-order chi connectivity index (χ0) is 14.5. The maximum absolute atomic E-state index is 12.3. The van der Waals surface area contributed by atoms with Crippen molar-refractivity contribution < 1.29 is 4.79 Å². The number of nitrogens with one attached hydrogen (secondary N) is 3. The predicted octanol–water partition coefficient (Wildman–Crippen LogP) is 2.15. The largest absolute Gasteiger partial charge is 0.352 e. The highest BCUT2D eigenvalue weighted by Gasteiger charge is 2.23. The molecular weight excluding hydrogens is 266 g/mol. The Balaban J connectivity index is 1.58. The number of aromatic nitrogens is 4. The lowest BCUT2D eigenvalue weighted by Gasteiger charge is -2.21. The lowest BCUT2D eigenvalue weighted by molar-refractivity contribution is 0.0952. The molecule has 0 atom stereocenters. The van der Waals surface area contributed by atoms with Gasteiger partial charge in [0.25, 0.3) is 5.91 Å². The van der Waals surface area contributed by atoms with E-state index in [9.17, 15) is 4.79 Å². The minimum atomic E-state index is -0.0381. The summed E-state index contributed by atoms with van der Waals surface area (Å²) in [6.45, 7) is 0.594. The molecule has 2 heterocycles. The zero-order valence-electron chi connectivity index (χ0n) is 12.1. The molecule has 0 radical (unpaired) electrons. The second-order valence-electron chi connectivity index (χ2n) is 5.62. The van der Waals surface area contributed by atoms with Gasteiger partial charge in [0.1, 0.15) is 0 Å². The molecule has 0 spiro atoms. The van der Waals surface area contributed by atoms with Crippen LogP contribution in [0.25, 0.3) is 0 Å². The first-order chi connectivity index (χ1) is 10.3. The fraction of sp³-hybridized carbons (Fsp3) is 0.533. The number of carbonyl (C=O) groups is 1. The Morgan fingerprint density at radius 1 is 1.29 bits per heavy atom. The summed E-state index contributed by atoms with van der Waals surface area (Å²) in [7, 11) is 0. The van der Waals surface area contributed by atoms with E-state index in [4.69, 9.17) is 0 Å². The molecule has 0 unspecified atom stereocenters. The van der Waals surface area contributed by atoms with Gasteiger partial charge in [0.05, 0.1) is 23.8 Å². The summed E-state index contributed by atoms with van der Waals surface area (Å²) in [4.78, 5) is 19.3. The van der Waals surface area contributed by atoms with Gasteiger partial charge in [-0.15, -0.1) is 0 Å². The maximum atomic E-state index is 12.3. The van der Waals surface area contributed by atoms with Crippen LogP contribution in [0, 0.1) is 0 Å². The molecule has 21 heavy (non-hydrogen) atoms. The van der Waals surface area contributed by atoms with Crippen molar-refractivity contribution in [3.8, 4) is 0 Å². The zero-order valence-corrected chi connectivity index (χ0v) is 12.1. The van der Waals surface area contributed by atoms with Crippen LogP contribution in [0.5, 0.6) is 0 Å². The van der Waals surface area contributed by atoms with Crippen LogP contribution in [0.1, 0.15) is 59.8 Å². The van der Waals surface area contributed by atoms with E-state index in [1.165, 1.54) is 19.3 Å². The summed E-state index contributed by atoms with van der Waals surface area (Å²) in [5.41, 5.74) is 2.73. The number of rotatable bonds is 5. The van der Waals surface area contributed by atoms with E-state index in [1.54, 1.807) is 18.7 Å². The highest BCUT2D eigenvalue weighted by Crippen LogP contribution is 2.32. The molecule has 2 aromatic rings. The topological polar surface area (TPSA) is 86.5 Å². The highest BCUT2D eigenvalue weighted by molar-refractivity contribution is 5.95. The standard InChI is InChI=1S/C15H21N5O/c21-15(17-7-6-12-8-16-10-18-12)13-9-19-20-14(13)11-4-2-1-3-5-11/h8-11H,1-7H2,(H,16,18)(H,17,21)(H,19,20). The van der Waals surface area contributed by atoms with E-state index >= 15 is 0 Å². The summed E-state index contributed by atoms with van der Waals surface area (Å²) in [6.07, 6.45) is 11.9. The number of H-pyrrole nitrogens is 2. The molecular formula is C15H21N5O. The van der Waals surface area contributed by atoms with E-state index in [1.807, 2.05) is 0 Å². The average Bonchev–Trinajstić information content (AvgIpc) is 3.19. The molecule has 112 valence electrons. The Labute approximate surface area is 123 Å². The molecule has 1 aliphatic carbocycles. The molecule has 1 saturated carbocycles. The van der Waals surface area contributed by atoms with Crippen LogP contribution in [0.2, 0.25) is 0 Å². The van der Waals surface area contributed by atoms with Crippen molar-refractivity contribution >= 4 is 5.91 Å². The molecule has 3 rings (SSSR count). The first-order valence-electron chi connectivity index (χ1n) is 7.63. The van der Waals surface area contributed by atoms with Crippen molar-refractivity contribution in [3.63, 3.8) is 0 Å². The summed E-state index contributed by atoms with van der Waals surface area (Å²) in [6, 6.07) is 0. The second-order valence-corrected chi connectivity index (χ2v) is 5.62. The van der Waals surface area contributed by atoms with Gasteiger partial charge in [0, 0.05) is 30.8 Å².